The molecule has 124 valence electrons. The summed E-state index contributed by atoms with van der Waals surface area (Å²) in [4.78, 5) is 4.73. The minimum Gasteiger partial charge on any atom is -0.440 e. The van der Waals surface area contributed by atoms with Crippen LogP contribution in [0.1, 0.15) is 38.5 Å². The molecule has 0 atom stereocenters. The van der Waals surface area contributed by atoms with E-state index in [1.165, 1.54) is 0 Å². The van der Waals surface area contributed by atoms with Crippen LogP contribution in [0.3, 0.4) is 0 Å². The highest BCUT2D eigenvalue weighted by molar-refractivity contribution is 7.99. The van der Waals surface area contributed by atoms with Gasteiger partial charge in [0.15, 0.2) is 5.16 Å². The monoisotopic (exact) mass is 350 g/mol. The third-order valence-electron chi connectivity index (χ3n) is 3.90. The van der Waals surface area contributed by atoms with Gasteiger partial charge in [-0.15, -0.1) is 6.58 Å². The second kappa shape index (κ2) is 6.42. The summed E-state index contributed by atoms with van der Waals surface area (Å²) in [6.07, 6.45) is 3.73. The lowest BCUT2D eigenvalue weighted by atomic mass is 9.94. The number of thioether (sulfide) groups is 1. The van der Waals surface area contributed by atoms with E-state index in [-0.39, 0.29) is 5.60 Å². The van der Waals surface area contributed by atoms with Gasteiger partial charge in [0.25, 0.3) is 0 Å². The molecule has 0 aliphatic carbocycles. The van der Waals surface area contributed by atoms with Crippen molar-refractivity contribution >= 4 is 35.1 Å². The number of rotatable bonds is 5. The SMILES string of the molecule is C=CCn1c(SCCC)nc2oc3c(c2c1=S)CC(C)(C)OC3. The van der Waals surface area contributed by atoms with Crippen LogP contribution in [0, 0.1) is 4.64 Å². The molecule has 3 rings (SSSR count). The molecule has 23 heavy (non-hydrogen) atoms. The number of ether oxygens (including phenoxy) is 1. The zero-order valence-corrected chi connectivity index (χ0v) is 15.5. The molecule has 3 heterocycles. The first-order valence-electron chi connectivity index (χ1n) is 7.89. The minimum atomic E-state index is -0.204. The van der Waals surface area contributed by atoms with Gasteiger partial charge >= 0.3 is 0 Å². The Hall–Kier alpha value is -1.11. The van der Waals surface area contributed by atoms with E-state index in [1.54, 1.807) is 11.8 Å². The lowest BCUT2D eigenvalue weighted by Gasteiger charge is -2.29. The van der Waals surface area contributed by atoms with E-state index < -0.39 is 0 Å². The highest BCUT2D eigenvalue weighted by Gasteiger charge is 2.31. The van der Waals surface area contributed by atoms with E-state index in [0.29, 0.717) is 18.9 Å². The van der Waals surface area contributed by atoms with Gasteiger partial charge in [0.2, 0.25) is 5.71 Å². The van der Waals surface area contributed by atoms with Crippen LogP contribution in [0.15, 0.2) is 22.2 Å². The molecule has 2 aromatic rings. The first-order valence-corrected chi connectivity index (χ1v) is 9.29. The van der Waals surface area contributed by atoms with Crippen molar-refractivity contribution < 1.29 is 9.15 Å². The molecule has 0 unspecified atom stereocenters. The highest BCUT2D eigenvalue weighted by atomic mass is 32.2. The quantitative estimate of drug-likeness (QED) is 0.332. The fourth-order valence-electron chi connectivity index (χ4n) is 2.80. The van der Waals surface area contributed by atoms with E-state index >= 15 is 0 Å². The molecule has 0 fully saturated rings. The Kier molecular flexibility index (Phi) is 4.67. The Balaban J connectivity index is 2.21. The van der Waals surface area contributed by atoms with Crippen LogP contribution in [0.4, 0.5) is 0 Å². The van der Waals surface area contributed by atoms with Crippen LogP contribution < -0.4 is 0 Å². The van der Waals surface area contributed by atoms with Gasteiger partial charge in [-0.3, -0.25) is 0 Å². The third kappa shape index (κ3) is 3.12. The average Bonchev–Trinajstić information content (AvgIpc) is 2.85. The van der Waals surface area contributed by atoms with E-state index in [9.17, 15) is 0 Å². The molecular weight excluding hydrogens is 328 g/mol. The van der Waals surface area contributed by atoms with Crippen molar-refractivity contribution in [1.82, 2.24) is 9.55 Å². The number of hydrogen-bond acceptors (Lipinski definition) is 5. The largest absolute Gasteiger partial charge is 0.440 e. The van der Waals surface area contributed by atoms with Crippen LogP contribution in [0.2, 0.25) is 0 Å². The number of allylic oxidation sites excluding steroid dienone is 1. The van der Waals surface area contributed by atoms with Crippen LogP contribution in [0.5, 0.6) is 0 Å². The molecule has 0 bridgehead atoms. The smallest absolute Gasteiger partial charge is 0.232 e. The van der Waals surface area contributed by atoms with E-state index in [2.05, 4.69) is 31.9 Å². The zero-order chi connectivity index (χ0) is 16.6. The second-order valence-electron chi connectivity index (χ2n) is 6.36. The van der Waals surface area contributed by atoms with Crippen LogP contribution in [0.25, 0.3) is 11.1 Å². The first kappa shape index (κ1) is 16.7. The molecule has 2 aromatic heterocycles. The van der Waals surface area contributed by atoms with Crippen molar-refractivity contribution in [3.63, 3.8) is 0 Å². The van der Waals surface area contributed by atoms with Gasteiger partial charge in [0, 0.05) is 24.3 Å². The second-order valence-corrected chi connectivity index (χ2v) is 7.81. The Labute approximate surface area is 145 Å². The van der Waals surface area contributed by atoms with Gasteiger partial charge < -0.3 is 13.7 Å². The normalized spacial score (nSPS) is 16.5. The van der Waals surface area contributed by atoms with Gasteiger partial charge in [0.1, 0.15) is 17.0 Å². The molecule has 0 aromatic carbocycles. The molecule has 6 heteroatoms. The molecule has 4 nitrogen and oxygen atoms in total. The van der Waals surface area contributed by atoms with Gasteiger partial charge in [-0.05, 0) is 20.3 Å². The van der Waals surface area contributed by atoms with Crippen molar-refractivity contribution in [1.29, 1.82) is 0 Å². The summed E-state index contributed by atoms with van der Waals surface area (Å²) in [5.41, 5.74) is 1.59. The summed E-state index contributed by atoms with van der Waals surface area (Å²) in [5, 5.41) is 1.87. The summed E-state index contributed by atoms with van der Waals surface area (Å²) in [6.45, 7) is 11.3. The summed E-state index contributed by atoms with van der Waals surface area (Å²) < 4.78 is 14.7. The van der Waals surface area contributed by atoms with Crippen molar-refractivity contribution in [3.05, 3.63) is 28.6 Å². The molecule has 0 saturated carbocycles. The standard InChI is InChI=1S/C17H22N2O2S2/c1-5-7-19-15(22)13-11-9-17(3,4)20-10-12(11)21-14(13)18-16(19)23-8-6-2/h5H,1,6-10H2,2-4H3. The summed E-state index contributed by atoms with van der Waals surface area (Å²) in [6, 6.07) is 0. The van der Waals surface area contributed by atoms with E-state index in [1.807, 2.05) is 6.08 Å². The van der Waals surface area contributed by atoms with E-state index in [4.69, 9.17) is 26.4 Å². The first-order chi connectivity index (χ1) is 11.0. The maximum Gasteiger partial charge on any atom is 0.232 e. The lowest BCUT2D eigenvalue weighted by Crippen LogP contribution is -2.31. The van der Waals surface area contributed by atoms with Crippen LogP contribution in [-0.4, -0.2) is 20.9 Å². The topological polar surface area (TPSA) is 40.2 Å². The number of hydrogen-bond donors (Lipinski definition) is 0. The van der Waals surface area contributed by atoms with E-state index in [0.717, 1.165) is 45.1 Å². The highest BCUT2D eigenvalue weighted by Crippen LogP contribution is 2.36. The molecular formula is C17H22N2O2S2. The van der Waals surface area contributed by atoms with Gasteiger partial charge in [-0.2, -0.15) is 4.98 Å². The number of furan rings is 1. The summed E-state index contributed by atoms with van der Waals surface area (Å²) >= 11 is 7.48. The predicted octanol–water partition coefficient (Wildman–Crippen LogP) is 4.90. The molecule has 1 aliphatic heterocycles. The minimum absolute atomic E-state index is 0.204. The summed E-state index contributed by atoms with van der Waals surface area (Å²) in [7, 11) is 0. The van der Waals surface area contributed by atoms with Gasteiger partial charge in [-0.1, -0.05) is 37.0 Å². The Bertz CT molecular complexity index is 805. The van der Waals surface area contributed by atoms with Gasteiger partial charge in [-0.25, -0.2) is 0 Å². The molecule has 0 N–H and O–H groups in total. The molecule has 0 saturated heterocycles. The molecule has 0 spiro atoms. The van der Waals surface area contributed by atoms with Crippen molar-refractivity contribution in [2.45, 2.75) is 57.5 Å². The number of aromatic nitrogens is 2. The Morgan fingerprint density at radius 3 is 2.96 bits per heavy atom. The van der Waals surface area contributed by atoms with Crippen molar-refractivity contribution in [2.24, 2.45) is 0 Å². The third-order valence-corrected chi connectivity index (χ3v) is 5.51. The van der Waals surface area contributed by atoms with Gasteiger partial charge in [0.05, 0.1) is 11.0 Å². The molecule has 1 aliphatic rings. The lowest BCUT2D eigenvalue weighted by molar-refractivity contribution is -0.0476. The molecule has 0 amide bonds. The average molecular weight is 351 g/mol. The maximum absolute atomic E-state index is 5.96. The number of fused-ring (bicyclic) bond motifs is 3. The van der Waals surface area contributed by atoms with Crippen LogP contribution >= 0.6 is 24.0 Å². The number of nitrogens with zero attached hydrogens (tertiary/aromatic N) is 2. The predicted molar refractivity (Wildman–Crippen MR) is 96.6 cm³/mol. The Morgan fingerprint density at radius 1 is 1.48 bits per heavy atom. The fourth-order valence-corrected chi connectivity index (χ4v) is 4.09. The van der Waals surface area contributed by atoms with Crippen molar-refractivity contribution in [3.8, 4) is 0 Å². The zero-order valence-electron chi connectivity index (χ0n) is 13.8. The van der Waals surface area contributed by atoms with Crippen molar-refractivity contribution in [2.75, 3.05) is 5.75 Å². The summed E-state index contributed by atoms with van der Waals surface area (Å²) in [5.74, 6) is 1.86. The molecule has 0 radical (unpaired) electrons. The van der Waals surface area contributed by atoms with Crippen LogP contribution in [-0.2, 0) is 24.3 Å². The fraction of sp³-hybridized carbons (Fsp3) is 0.529. The maximum atomic E-state index is 5.96. The Morgan fingerprint density at radius 2 is 2.26 bits per heavy atom.